The van der Waals surface area contributed by atoms with Crippen LogP contribution >= 0.6 is 11.6 Å². The van der Waals surface area contributed by atoms with Gasteiger partial charge in [0.25, 0.3) is 5.91 Å². The largest absolute Gasteiger partial charge is 0.373 e. The fourth-order valence-electron chi connectivity index (χ4n) is 2.62. The molecule has 1 amide bonds. The number of anilines is 1. The SMILES string of the molecule is CN(CCc1ccncc1)c1cncc(C(=O)NCc2ccc(Cl)cc2)c1. The van der Waals surface area contributed by atoms with Gasteiger partial charge in [-0.2, -0.15) is 0 Å². The van der Waals surface area contributed by atoms with Crippen LogP contribution in [-0.4, -0.2) is 29.5 Å². The van der Waals surface area contributed by atoms with E-state index in [-0.39, 0.29) is 5.91 Å². The van der Waals surface area contributed by atoms with E-state index in [1.807, 2.05) is 49.5 Å². The lowest BCUT2D eigenvalue weighted by Crippen LogP contribution is -2.24. The molecular weight excluding hydrogens is 360 g/mol. The second-order valence-corrected chi connectivity index (χ2v) is 6.70. The van der Waals surface area contributed by atoms with Gasteiger partial charge >= 0.3 is 0 Å². The number of hydrogen-bond donors (Lipinski definition) is 1. The Labute approximate surface area is 164 Å². The number of carbonyl (C=O) groups excluding carboxylic acids is 1. The summed E-state index contributed by atoms with van der Waals surface area (Å²) in [7, 11) is 1.99. The third-order valence-corrected chi connectivity index (χ3v) is 4.53. The first kappa shape index (κ1) is 18.9. The molecule has 3 aromatic rings. The number of likely N-dealkylation sites (N-methyl/N-ethyl adjacent to an activating group) is 1. The first-order chi connectivity index (χ1) is 13.1. The number of rotatable bonds is 7. The molecule has 5 nitrogen and oxygen atoms in total. The molecule has 0 bridgehead atoms. The van der Waals surface area contributed by atoms with Crippen molar-refractivity contribution in [2.75, 3.05) is 18.5 Å². The first-order valence-corrected chi connectivity index (χ1v) is 9.07. The molecule has 0 aliphatic heterocycles. The van der Waals surface area contributed by atoms with Crippen molar-refractivity contribution in [3.8, 4) is 0 Å². The van der Waals surface area contributed by atoms with Crippen molar-refractivity contribution in [1.82, 2.24) is 15.3 Å². The van der Waals surface area contributed by atoms with Gasteiger partial charge in [0.2, 0.25) is 0 Å². The van der Waals surface area contributed by atoms with E-state index in [0.717, 1.165) is 24.2 Å². The van der Waals surface area contributed by atoms with Gasteiger partial charge < -0.3 is 10.2 Å². The molecule has 0 fully saturated rings. The zero-order valence-corrected chi connectivity index (χ0v) is 15.9. The van der Waals surface area contributed by atoms with Crippen LogP contribution in [-0.2, 0) is 13.0 Å². The Morgan fingerprint density at radius 2 is 1.78 bits per heavy atom. The first-order valence-electron chi connectivity index (χ1n) is 8.69. The molecule has 1 aromatic carbocycles. The second-order valence-electron chi connectivity index (χ2n) is 6.27. The predicted octanol–water partition coefficient (Wildman–Crippen LogP) is 3.74. The number of benzene rings is 1. The summed E-state index contributed by atoms with van der Waals surface area (Å²) < 4.78 is 0. The standard InChI is InChI=1S/C21H21ClN4O/c1-26(11-8-16-6-9-23-10-7-16)20-12-18(14-24-15-20)21(27)25-13-17-2-4-19(22)5-3-17/h2-7,9-10,12,14-15H,8,11,13H2,1H3,(H,25,27). The highest BCUT2D eigenvalue weighted by molar-refractivity contribution is 6.30. The third-order valence-electron chi connectivity index (χ3n) is 4.28. The Bertz CT molecular complexity index is 884. The number of pyridine rings is 2. The van der Waals surface area contributed by atoms with Crippen molar-refractivity contribution < 1.29 is 4.79 Å². The number of hydrogen-bond acceptors (Lipinski definition) is 4. The molecule has 2 heterocycles. The van der Waals surface area contributed by atoms with Gasteiger partial charge in [-0.05, 0) is 47.9 Å². The molecule has 0 aliphatic rings. The molecule has 2 aromatic heterocycles. The number of nitrogens with zero attached hydrogens (tertiary/aromatic N) is 3. The Balaban J connectivity index is 1.58. The zero-order valence-electron chi connectivity index (χ0n) is 15.1. The Morgan fingerprint density at radius 1 is 1.04 bits per heavy atom. The van der Waals surface area contributed by atoms with Crippen LogP contribution in [0.3, 0.4) is 0 Å². The molecule has 0 unspecified atom stereocenters. The van der Waals surface area contributed by atoms with Gasteiger partial charge in [-0.15, -0.1) is 0 Å². The molecule has 138 valence electrons. The van der Waals surface area contributed by atoms with Crippen LogP contribution in [0.15, 0.2) is 67.3 Å². The maximum Gasteiger partial charge on any atom is 0.253 e. The summed E-state index contributed by atoms with van der Waals surface area (Å²) in [5.74, 6) is -0.151. The average molecular weight is 381 g/mol. The fourth-order valence-corrected chi connectivity index (χ4v) is 2.75. The van der Waals surface area contributed by atoms with Crippen LogP contribution in [0.25, 0.3) is 0 Å². The van der Waals surface area contributed by atoms with Gasteiger partial charge in [0, 0.05) is 43.8 Å². The normalized spacial score (nSPS) is 10.4. The summed E-state index contributed by atoms with van der Waals surface area (Å²) >= 11 is 5.88. The summed E-state index contributed by atoms with van der Waals surface area (Å²) in [6.45, 7) is 1.26. The second kappa shape index (κ2) is 9.14. The molecule has 0 saturated carbocycles. The van der Waals surface area contributed by atoms with Crippen molar-refractivity contribution in [3.63, 3.8) is 0 Å². The van der Waals surface area contributed by atoms with Gasteiger partial charge in [-0.25, -0.2) is 0 Å². The molecular formula is C21H21ClN4O. The Morgan fingerprint density at radius 3 is 2.52 bits per heavy atom. The van der Waals surface area contributed by atoms with Gasteiger partial charge in [0.05, 0.1) is 17.4 Å². The minimum atomic E-state index is -0.151. The molecule has 1 N–H and O–H groups in total. The molecule has 0 radical (unpaired) electrons. The highest BCUT2D eigenvalue weighted by atomic mass is 35.5. The number of amides is 1. The summed E-state index contributed by atoms with van der Waals surface area (Å²) in [6.07, 6.45) is 7.83. The predicted molar refractivity (Wildman–Crippen MR) is 108 cm³/mol. The van der Waals surface area contributed by atoms with E-state index in [1.54, 1.807) is 24.8 Å². The molecule has 6 heteroatoms. The molecule has 0 spiro atoms. The lowest BCUT2D eigenvalue weighted by atomic mass is 10.2. The van der Waals surface area contributed by atoms with Crippen LogP contribution in [0, 0.1) is 0 Å². The molecule has 0 aliphatic carbocycles. The Hall–Kier alpha value is -2.92. The quantitative estimate of drug-likeness (QED) is 0.678. The summed E-state index contributed by atoms with van der Waals surface area (Å²) in [4.78, 5) is 22.8. The highest BCUT2D eigenvalue weighted by Crippen LogP contribution is 2.14. The zero-order chi connectivity index (χ0) is 19.1. The molecule has 0 saturated heterocycles. The van der Waals surface area contributed by atoms with Gasteiger partial charge in [0.15, 0.2) is 0 Å². The van der Waals surface area contributed by atoms with E-state index in [1.165, 1.54) is 5.56 Å². The lowest BCUT2D eigenvalue weighted by Gasteiger charge is -2.19. The molecule has 0 atom stereocenters. The van der Waals surface area contributed by atoms with Crippen molar-refractivity contribution in [2.24, 2.45) is 0 Å². The van der Waals surface area contributed by atoms with E-state index < -0.39 is 0 Å². The van der Waals surface area contributed by atoms with Crippen LogP contribution in [0.5, 0.6) is 0 Å². The third kappa shape index (κ3) is 5.53. The summed E-state index contributed by atoms with van der Waals surface area (Å²) in [5.41, 5.74) is 3.66. The van der Waals surface area contributed by atoms with E-state index >= 15 is 0 Å². The van der Waals surface area contributed by atoms with Crippen LogP contribution in [0.2, 0.25) is 5.02 Å². The van der Waals surface area contributed by atoms with E-state index in [2.05, 4.69) is 20.2 Å². The van der Waals surface area contributed by atoms with Crippen molar-refractivity contribution in [1.29, 1.82) is 0 Å². The average Bonchev–Trinajstić information content (AvgIpc) is 2.72. The van der Waals surface area contributed by atoms with E-state index in [4.69, 9.17) is 11.6 Å². The van der Waals surface area contributed by atoms with Crippen LogP contribution < -0.4 is 10.2 Å². The van der Waals surface area contributed by atoms with E-state index in [9.17, 15) is 4.79 Å². The van der Waals surface area contributed by atoms with Gasteiger partial charge in [-0.3, -0.25) is 14.8 Å². The summed E-state index contributed by atoms with van der Waals surface area (Å²) in [6, 6.07) is 13.3. The fraction of sp³-hybridized carbons (Fsp3) is 0.190. The van der Waals surface area contributed by atoms with Crippen molar-refractivity contribution in [2.45, 2.75) is 13.0 Å². The monoisotopic (exact) mass is 380 g/mol. The number of aromatic nitrogens is 2. The van der Waals surface area contributed by atoms with Gasteiger partial charge in [-0.1, -0.05) is 23.7 Å². The van der Waals surface area contributed by atoms with Crippen molar-refractivity contribution >= 4 is 23.2 Å². The minimum absolute atomic E-state index is 0.151. The van der Waals surface area contributed by atoms with Gasteiger partial charge in [0.1, 0.15) is 0 Å². The maximum atomic E-state index is 12.4. The minimum Gasteiger partial charge on any atom is -0.373 e. The topological polar surface area (TPSA) is 58.1 Å². The Kier molecular flexibility index (Phi) is 6.39. The number of halogens is 1. The smallest absolute Gasteiger partial charge is 0.253 e. The number of carbonyl (C=O) groups is 1. The molecule has 3 rings (SSSR count). The number of nitrogens with one attached hydrogen (secondary N) is 1. The summed E-state index contributed by atoms with van der Waals surface area (Å²) in [5, 5.41) is 3.59. The van der Waals surface area contributed by atoms with E-state index in [0.29, 0.717) is 17.1 Å². The highest BCUT2D eigenvalue weighted by Gasteiger charge is 2.09. The lowest BCUT2D eigenvalue weighted by molar-refractivity contribution is 0.0950. The van der Waals surface area contributed by atoms with Crippen molar-refractivity contribution in [3.05, 3.63) is 89.0 Å². The van der Waals surface area contributed by atoms with Crippen LogP contribution in [0.4, 0.5) is 5.69 Å². The van der Waals surface area contributed by atoms with Crippen LogP contribution in [0.1, 0.15) is 21.5 Å². The maximum absolute atomic E-state index is 12.4. The molecule has 27 heavy (non-hydrogen) atoms.